The van der Waals surface area contributed by atoms with E-state index in [1.165, 1.54) is 12.1 Å². The molecule has 174 valence electrons. The zero-order chi connectivity index (χ0) is 23.4. The van der Waals surface area contributed by atoms with Gasteiger partial charge in [-0.2, -0.15) is 0 Å². The van der Waals surface area contributed by atoms with Crippen molar-refractivity contribution in [2.24, 2.45) is 5.92 Å². The van der Waals surface area contributed by atoms with E-state index >= 15 is 0 Å². The number of nitrogens with zero attached hydrogens (tertiary/aromatic N) is 1. The van der Waals surface area contributed by atoms with E-state index in [0.717, 1.165) is 22.2 Å². The first-order chi connectivity index (χ1) is 15.9. The standard InChI is InChI=1S/C23H25N3O6S/c1-15-12-16(19-4-2-3-5-21(19)24-15)13-32-17-6-8-18(9-7-17)33(29,30)26-22-10-11-31-14-20(22)23(27)25-28/h2-9,12,20,22,26,28H,10-11,13-14H2,1H3,(H,25,27)/t20-,22-/m1/s1. The van der Waals surface area contributed by atoms with Gasteiger partial charge in [0.05, 0.1) is 22.9 Å². The number of carbonyl (C=O) groups excluding carboxylic acids is 1. The van der Waals surface area contributed by atoms with Gasteiger partial charge in [-0.15, -0.1) is 0 Å². The van der Waals surface area contributed by atoms with Crippen LogP contribution in [0.1, 0.15) is 17.7 Å². The Morgan fingerprint density at radius 3 is 2.73 bits per heavy atom. The summed E-state index contributed by atoms with van der Waals surface area (Å²) in [6.07, 6.45) is 0.317. The molecule has 1 aromatic heterocycles. The van der Waals surface area contributed by atoms with Gasteiger partial charge in [0.2, 0.25) is 15.9 Å². The van der Waals surface area contributed by atoms with E-state index in [2.05, 4.69) is 9.71 Å². The number of benzene rings is 2. The lowest BCUT2D eigenvalue weighted by Gasteiger charge is -2.30. The molecule has 1 fully saturated rings. The molecule has 0 unspecified atom stereocenters. The molecular weight excluding hydrogens is 446 g/mol. The molecule has 0 saturated carbocycles. The molecule has 1 saturated heterocycles. The average Bonchev–Trinajstić information content (AvgIpc) is 2.82. The fraction of sp³-hybridized carbons (Fsp3) is 0.304. The summed E-state index contributed by atoms with van der Waals surface area (Å²) in [5.74, 6) is -0.985. The molecule has 3 aromatic rings. The number of amides is 1. The van der Waals surface area contributed by atoms with Gasteiger partial charge >= 0.3 is 0 Å². The minimum Gasteiger partial charge on any atom is -0.489 e. The maximum Gasteiger partial charge on any atom is 0.250 e. The predicted octanol–water partition coefficient (Wildman–Crippen LogP) is 2.31. The monoisotopic (exact) mass is 471 g/mol. The highest BCUT2D eigenvalue weighted by Crippen LogP contribution is 2.23. The number of aromatic nitrogens is 1. The minimum absolute atomic E-state index is 0.0233. The number of para-hydroxylation sites is 1. The number of fused-ring (bicyclic) bond motifs is 1. The highest BCUT2D eigenvalue weighted by molar-refractivity contribution is 7.89. The molecule has 33 heavy (non-hydrogen) atoms. The van der Waals surface area contributed by atoms with E-state index in [-0.39, 0.29) is 11.5 Å². The second-order valence-corrected chi connectivity index (χ2v) is 9.59. The number of rotatable bonds is 7. The van der Waals surface area contributed by atoms with Crippen LogP contribution in [0.4, 0.5) is 0 Å². The van der Waals surface area contributed by atoms with Gasteiger partial charge in [0, 0.05) is 29.3 Å². The molecule has 0 aliphatic carbocycles. The summed E-state index contributed by atoms with van der Waals surface area (Å²) in [6.45, 7) is 2.58. The van der Waals surface area contributed by atoms with Crippen LogP contribution in [0.5, 0.6) is 5.75 Å². The lowest BCUT2D eigenvalue weighted by molar-refractivity contribution is -0.138. The Morgan fingerprint density at radius 1 is 1.21 bits per heavy atom. The molecule has 2 aromatic carbocycles. The van der Waals surface area contributed by atoms with Gasteiger partial charge in [0.15, 0.2) is 0 Å². The summed E-state index contributed by atoms with van der Waals surface area (Å²) >= 11 is 0. The SMILES string of the molecule is Cc1cc(COc2ccc(S(=O)(=O)N[C@@H]3CCOC[C@H]3C(=O)NO)cc2)c2ccccc2n1. The van der Waals surface area contributed by atoms with Crippen LogP contribution in [-0.2, 0) is 26.2 Å². The Bertz CT molecular complexity index is 1250. The van der Waals surface area contributed by atoms with E-state index in [1.54, 1.807) is 17.6 Å². The molecule has 1 aliphatic heterocycles. The molecule has 3 N–H and O–H groups in total. The van der Waals surface area contributed by atoms with Crippen LogP contribution in [0.3, 0.4) is 0 Å². The Morgan fingerprint density at radius 2 is 1.97 bits per heavy atom. The Balaban J connectivity index is 1.45. The van der Waals surface area contributed by atoms with E-state index in [9.17, 15) is 13.2 Å². The van der Waals surface area contributed by atoms with Gasteiger partial charge in [0.1, 0.15) is 12.4 Å². The van der Waals surface area contributed by atoms with Crippen molar-refractivity contribution in [2.75, 3.05) is 13.2 Å². The van der Waals surface area contributed by atoms with Crippen molar-refractivity contribution in [1.29, 1.82) is 0 Å². The van der Waals surface area contributed by atoms with Crippen LogP contribution < -0.4 is 14.9 Å². The maximum atomic E-state index is 12.8. The van der Waals surface area contributed by atoms with Crippen LogP contribution in [0.2, 0.25) is 0 Å². The van der Waals surface area contributed by atoms with Gasteiger partial charge in [0.25, 0.3) is 0 Å². The van der Waals surface area contributed by atoms with E-state index in [1.807, 2.05) is 37.3 Å². The molecule has 2 atom stereocenters. The normalized spacial score (nSPS) is 18.7. The molecular formula is C23H25N3O6S. The zero-order valence-corrected chi connectivity index (χ0v) is 18.8. The number of hydroxylamine groups is 1. The maximum absolute atomic E-state index is 12.8. The molecule has 4 rings (SSSR count). The van der Waals surface area contributed by atoms with Gasteiger partial charge in [-0.3, -0.25) is 15.0 Å². The molecule has 1 amide bonds. The number of aryl methyl sites for hydroxylation is 1. The smallest absolute Gasteiger partial charge is 0.250 e. The highest BCUT2D eigenvalue weighted by atomic mass is 32.2. The largest absolute Gasteiger partial charge is 0.489 e. The zero-order valence-electron chi connectivity index (χ0n) is 18.0. The predicted molar refractivity (Wildman–Crippen MR) is 120 cm³/mol. The first kappa shape index (κ1) is 23.1. The summed E-state index contributed by atoms with van der Waals surface area (Å²) in [6, 6.07) is 15.2. The minimum atomic E-state index is -3.88. The van der Waals surface area contributed by atoms with E-state index in [4.69, 9.17) is 14.7 Å². The lowest BCUT2D eigenvalue weighted by Crippen LogP contribution is -2.51. The van der Waals surface area contributed by atoms with Crippen LogP contribution >= 0.6 is 0 Å². The van der Waals surface area contributed by atoms with Gasteiger partial charge < -0.3 is 9.47 Å². The number of nitrogens with one attached hydrogen (secondary N) is 2. The van der Waals surface area contributed by atoms with Crippen molar-refractivity contribution in [3.05, 3.63) is 65.9 Å². The molecule has 0 radical (unpaired) electrons. The third-order valence-electron chi connectivity index (χ3n) is 5.57. The summed E-state index contributed by atoms with van der Waals surface area (Å²) in [4.78, 5) is 16.4. The Hall–Kier alpha value is -3.05. The van der Waals surface area contributed by atoms with Gasteiger partial charge in [-0.1, -0.05) is 18.2 Å². The van der Waals surface area contributed by atoms with E-state index in [0.29, 0.717) is 25.4 Å². The fourth-order valence-corrected chi connectivity index (χ4v) is 5.19. The van der Waals surface area contributed by atoms with Crippen LogP contribution in [-0.4, -0.2) is 43.8 Å². The van der Waals surface area contributed by atoms with Crippen molar-refractivity contribution in [3.8, 4) is 5.75 Å². The lowest BCUT2D eigenvalue weighted by atomic mass is 9.96. The summed E-state index contributed by atoms with van der Waals surface area (Å²) in [5, 5.41) is 9.91. The number of carbonyl (C=O) groups is 1. The highest BCUT2D eigenvalue weighted by Gasteiger charge is 2.34. The van der Waals surface area contributed by atoms with Gasteiger partial charge in [-0.25, -0.2) is 18.6 Å². The van der Waals surface area contributed by atoms with Crippen LogP contribution in [0, 0.1) is 12.8 Å². The Labute approximate surface area is 191 Å². The third kappa shape index (κ3) is 5.31. The van der Waals surface area contributed by atoms with Crippen LogP contribution in [0.25, 0.3) is 10.9 Å². The first-order valence-electron chi connectivity index (χ1n) is 10.5. The van der Waals surface area contributed by atoms with E-state index < -0.39 is 27.9 Å². The number of sulfonamides is 1. The number of hydrogen-bond donors (Lipinski definition) is 3. The summed E-state index contributed by atoms with van der Waals surface area (Å²) in [5.41, 5.74) is 4.34. The van der Waals surface area contributed by atoms with Crippen molar-refractivity contribution in [2.45, 2.75) is 30.9 Å². The van der Waals surface area contributed by atoms with Crippen LogP contribution in [0.15, 0.2) is 59.5 Å². The van der Waals surface area contributed by atoms with Crippen molar-refractivity contribution in [1.82, 2.24) is 15.2 Å². The van der Waals surface area contributed by atoms with Crippen molar-refractivity contribution < 1.29 is 27.9 Å². The van der Waals surface area contributed by atoms with Crippen molar-refractivity contribution in [3.63, 3.8) is 0 Å². The molecule has 0 bridgehead atoms. The fourth-order valence-electron chi connectivity index (χ4n) is 3.88. The van der Waals surface area contributed by atoms with Gasteiger partial charge in [-0.05, 0) is 49.7 Å². The molecule has 1 aliphatic rings. The first-order valence-corrected chi connectivity index (χ1v) is 12.0. The average molecular weight is 472 g/mol. The molecule has 9 nitrogen and oxygen atoms in total. The number of pyridine rings is 1. The summed E-state index contributed by atoms with van der Waals surface area (Å²) < 4.78 is 39.4. The molecule has 2 heterocycles. The Kier molecular flexibility index (Phi) is 6.89. The third-order valence-corrected chi connectivity index (χ3v) is 7.07. The second-order valence-electron chi connectivity index (χ2n) is 7.87. The van der Waals surface area contributed by atoms with Crippen molar-refractivity contribution >= 4 is 26.8 Å². The summed E-state index contributed by atoms with van der Waals surface area (Å²) in [7, 11) is -3.88. The number of hydrogen-bond acceptors (Lipinski definition) is 7. The quantitative estimate of drug-likeness (QED) is 0.356. The topological polar surface area (TPSA) is 127 Å². The number of ether oxygens (including phenoxy) is 2. The second kappa shape index (κ2) is 9.84. The molecule has 0 spiro atoms. The molecule has 10 heteroatoms.